The van der Waals surface area contributed by atoms with Crippen LogP contribution in [0.25, 0.3) is 0 Å². The molecule has 2 heterocycles. The summed E-state index contributed by atoms with van der Waals surface area (Å²) in [7, 11) is 4.05. The molecular weight excluding hydrogens is 276 g/mol. The maximum atomic E-state index is 4.79. The van der Waals surface area contributed by atoms with Gasteiger partial charge in [0.25, 0.3) is 0 Å². The van der Waals surface area contributed by atoms with Crippen molar-refractivity contribution in [3.05, 3.63) is 27.2 Å². The zero-order valence-corrected chi connectivity index (χ0v) is 13.4. The molecular formula is C13H20N4S2. The number of hydrogen-bond acceptors (Lipinski definition) is 6. The van der Waals surface area contributed by atoms with Crippen LogP contribution in [0, 0.1) is 0 Å². The largest absolute Gasteiger partial charge is 0.345 e. The molecule has 6 heteroatoms. The Labute approximate surface area is 122 Å². The fourth-order valence-electron chi connectivity index (χ4n) is 1.88. The molecule has 2 rings (SSSR count). The average molecular weight is 296 g/mol. The molecule has 0 saturated carbocycles. The summed E-state index contributed by atoms with van der Waals surface area (Å²) >= 11 is 3.40. The van der Waals surface area contributed by atoms with Crippen LogP contribution in [-0.4, -0.2) is 24.1 Å². The molecule has 0 fully saturated rings. The molecule has 0 bridgehead atoms. The quantitative estimate of drug-likeness (QED) is 0.889. The highest BCUT2D eigenvalue weighted by atomic mass is 32.1. The van der Waals surface area contributed by atoms with Gasteiger partial charge >= 0.3 is 0 Å². The van der Waals surface area contributed by atoms with Crippen LogP contribution < -0.4 is 10.2 Å². The standard InChI is InChI=1S/C13H20N4S2/c1-9(2)12-11(5-14-3)19-13(16-12)17(4)6-10-7-18-8-15-10/h7-9,14H,5-6H2,1-4H3. The van der Waals surface area contributed by atoms with Gasteiger partial charge in [-0.05, 0) is 13.0 Å². The SMILES string of the molecule is CNCc1sc(N(C)Cc2cscn2)nc1C(C)C. The van der Waals surface area contributed by atoms with Crippen molar-refractivity contribution in [1.82, 2.24) is 15.3 Å². The number of nitrogens with zero attached hydrogens (tertiary/aromatic N) is 3. The van der Waals surface area contributed by atoms with Crippen LogP contribution in [0.5, 0.6) is 0 Å². The van der Waals surface area contributed by atoms with Crippen molar-refractivity contribution >= 4 is 27.8 Å². The molecule has 0 amide bonds. The lowest BCUT2D eigenvalue weighted by molar-refractivity contribution is 0.768. The van der Waals surface area contributed by atoms with Crippen LogP contribution in [0.4, 0.5) is 5.13 Å². The highest BCUT2D eigenvalue weighted by Gasteiger charge is 2.16. The molecule has 0 radical (unpaired) electrons. The number of rotatable bonds is 6. The van der Waals surface area contributed by atoms with Crippen LogP contribution >= 0.6 is 22.7 Å². The summed E-state index contributed by atoms with van der Waals surface area (Å²) in [4.78, 5) is 12.6. The summed E-state index contributed by atoms with van der Waals surface area (Å²) in [5.41, 5.74) is 4.18. The average Bonchev–Trinajstić information content (AvgIpc) is 2.98. The van der Waals surface area contributed by atoms with Crippen molar-refractivity contribution in [3.8, 4) is 0 Å². The Morgan fingerprint density at radius 2 is 2.21 bits per heavy atom. The minimum Gasteiger partial charge on any atom is -0.345 e. The van der Waals surface area contributed by atoms with E-state index in [2.05, 4.69) is 41.5 Å². The van der Waals surface area contributed by atoms with E-state index in [4.69, 9.17) is 4.98 Å². The van der Waals surface area contributed by atoms with E-state index in [1.165, 1.54) is 10.6 Å². The van der Waals surface area contributed by atoms with Gasteiger partial charge in [-0.15, -0.1) is 22.7 Å². The Morgan fingerprint density at radius 3 is 2.79 bits per heavy atom. The summed E-state index contributed by atoms with van der Waals surface area (Å²) in [5, 5.41) is 6.37. The van der Waals surface area contributed by atoms with E-state index in [1.807, 2.05) is 12.6 Å². The molecule has 2 aromatic heterocycles. The second kappa shape index (κ2) is 6.45. The van der Waals surface area contributed by atoms with Gasteiger partial charge in [-0.1, -0.05) is 13.8 Å². The molecule has 4 nitrogen and oxygen atoms in total. The minimum absolute atomic E-state index is 0.459. The molecule has 19 heavy (non-hydrogen) atoms. The van der Waals surface area contributed by atoms with Crippen LogP contribution in [-0.2, 0) is 13.1 Å². The fourth-order valence-corrected chi connectivity index (χ4v) is 3.62. The van der Waals surface area contributed by atoms with Crippen LogP contribution in [0.1, 0.15) is 36.0 Å². The molecule has 0 unspecified atom stereocenters. The molecule has 1 N–H and O–H groups in total. The van der Waals surface area contributed by atoms with Gasteiger partial charge in [0.2, 0.25) is 0 Å². The topological polar surface area (TPSA) is 41.0 Å². The van der Waals surface area contributed by atoms with Crippen LogP contribution in [0.15, 0.2) is 10.9 Å². The smallest absolute Gasteiger partial charge is 0.185 e. The lowest BCUT2D eigenvalue weighted by Crippen LogP contribution is -2.16. The van der Waals surface area contributed by atoms with Gasteiger partial charge in [0.1, 0.15) is 0 Å². The molecule has 104 valence electrons. The first-order valence-corrected chi connectivity index (χ1v) is 8.10. The van der Waals surface area contributed by atoms with Gasteiger partial charge in [0, 0.05) is 23.8 Å². The maximum absolute atomic E-state index is 4.79. The molecule has 0 spiro atoms. The van der Waals surface area contributed by atoms with E-state index in [9.17, 15) is 0 Å². The molecule has 0 aliphatic rings. The molecule has 0 aliphatic carbocycles. The lowest BCUT2D eigenvalue weighted by atomic mass is 10.1. The Hall–Kier alpha value is -0.980. The summed E-state index contributed by atoms with van der Waals surface area (Å²) in [5.74, 6) is 0.459. The van der Waals surface area contributed by atoms with Gasteiger partial charge in [-0.25, -0.2) is 9.97 Å². The summed E-state index contributed by atoms with van der Waals surface area (Å²) in [6.45, 7) is 6.08. The first-order valence-electron chi connectivity index (χ1n) is 6.34. The molecule has 0 aromatic carbocycles. The van der Waals surface area contributed by atoms with E-state index >= 15 is 0 Å². The third-order valence-corrected chi connectivity index (χ3v) is 4.63. The van der Waals surface area contributed by atoms with Crippen molar-refractivity contribution in [2.75, 3.05) is 19.0 Å². The summed E-state index contributed by atoms with van der Waals surface area (Å²) in [6, 6.07) is 0. The van der Waals surface area contributed by atoms with E-state index < -0.39 is 0 Å². The highest BCUT2D eigenvalue weighted by molar-refractivity contribution is 7.15. The number of thiazole rings is 2. The Kier molecular flexibility index (Phi) is 4.90. The van der Waals surface area contributed by atoms with E-state index in [1.54, 1.807) is 22.7 Å². The zero-order valence-electron chi connectivity index (χ0n) is 11.8. The highest BCUT2D eigenvalue weighted by Crippen LogP contribution is 2.30. The number of hydrogen-bond donors (Lipinski definition) is 1. The second-order valence-electron chi connectivity index (χ2n) is 4.83. The molecule has 2 aromatic rings. The predicted molar refractivity (Wildman–Crippen MR) is 83.2 cm³/mol. The van der Waals surface area contributed by atoms with Crippen LogP contribution in [0.3, 0.4) is 0 Å². The molecule has 0 aliphatic heterocycles. The first kappa shape index (κ1) is 14.4. The van der Waals surface area contributed by atoms with Crippen LogP contribution in [0.2, 0.25) is 0 Å². The molecule has 0 atom stereocenters. The van der Waals surface area contributed by atoms with Gasteiger partial charge in [-0.3, -0.25) is 0 Å². The van der Waals surface area contributed by atoms with Crippen molar-refractivity contribution in [2.45, 2.75) is 32.9 Å². The second-order valence-corrected chi connectivity index (χ2v) is 6.61. The maximum Gasteiger partial charge on any atom is 0.185 e. The van der Waals surface area contributed by atoms with Crippen molar-refractivity contribution < 1.29 is 0 Å². The van der Waals surface area contributed by atoms with Gasteiger partial charge < -0.3 is 10.2 Å². The van der Waals surface area contributed by atoms with Crippen molar-refractivity contribution in [2.24, 2.45) is 0 Å². The van der Waals surface area contributed by atoms with Gasteiger partial charge in [0.05, 0.1) is 23.4 Å². The normalized spacial score (nSPS) is 11.2. The number of nitrogens with one attached hydrogen (secondary N) is 1. The zero-order chi connectivity index (χ0) is 13.8. The summed E-state index contributed by atoms with van der Waals surface area (Å²) < 4.78 is 0. The Bertz CT molecular complexity index is 505. The van der Waals surface area contributed by atoms with E-state index in [0.717, 1.165) is 23.9 Å². The third-order valence-electron chi connectivity index (χ3n) is 2.81. The molecule has 0 saturated heterocycles. The van der Waals surface area contributed by atoms with E-state index in [-0.39, 0.29) is 0 Å². The van der Waals surface area contributed by atoms with E-state index in [0.29, 0.717) is 5.92 Å². The predicted octanol–water partition coefficient (Wildman–Crippen LogP) is 3.08. The third kappa shape index (κ3) is 3.52. The monoisotopic (exact) mass is 296 g/mol. The van der Waals surface area contributed by atoms with Gasteiger partial charge in [-0.2, -0.15) is 0 Å². The van der Waals surface area contributed by atoms with Gasteiger partial charge in [0.15, 0.2) is 5.13 Å². The minimum atomic E-state index is 0.459. The first-order chi connectivity index (χ1) is 9.11. The fraction of sp³-hybridized carbons (Fsp3) is 0.538. The Morgan fingerprint density at radius 1 is 1.42 bits per heavy atom. The van der Waals surface area contributed by atoms with Crippen molar-refractivity contribution in [3.63, 3.8) is 0 Å². The number of anilines is 1. The number of aromatic nitrogens is 2. The summed E-state index contributed by atoms with van der Waals surface area (Å²) in [6.07, 6.45) is 0. The Balaban J connectivity index is 2.17. The van der Waals surface area contributed by atoms with Crippen molar-refractivity contribution in [1.29, 1.82) is 0 Å². The lowest BCUT2D eigenvalue weighted by Gasteiger charge is -2.13.